The first kappa shape index (κ1) is 12.8. The van der Waals surface area contributed by atoms with Gasteiger partial charge in [0.25, 0.3) is 0 Å². The van der Waals surface area contributed by atoms with Crippen molar-refractivity contribution in [2.45, 2.75) is 18.6 Å². The minimum absolute atomic E-state index is 0.511. The molecule has 2 unspecified atom stereocenters. The van der Waals surface area contributed by atoms with Crippen LogP contribution in [-0.2, 0) is 0 Å². The molecule has 1 aromatic carbocycles. The average molecular weight is 288 g/mol. The van der Waals surface area contributed by atoms with Gasteiger partial charge in [-0.05, 0) is 16.7 Å². The third-order valence-corrected chi connectivity index (χ3v) is 9.02. The maximum absolute atomic E-state index is 2.52. The first-order valence-corrected chi connectivity index (χ1v) is 10.8. The molecule has 0 radical (unpaired) electrons. The van der Waals surface area contributed by atoms with Crippen molar-refractivity contribution < 1.29 is 0 Å². The highest BCUT2D eigenvalue weighted by Gasteiger charge is 2.39. The van der Waals surface area contributed by atoms with Gasteiger partial charge >= 0.3 is 0 Å². The minimum atomic E-state index is -1.58. The molecule has 0 aliphatic heterocycles. The lowest BCUT2D eigenvalue weighted by molar-refractivity contribution is 1.01. The summed E-state index contributed by atoms with van der Waals surface area (Å²) in [4.78, 5) is 0. The maximum atomic E-state index is 2.52. The smallest absolute Gasteiger partial charge is 0.0787 e. The third kappa shape index (κ3) is 1.88. The highest BCUT2D eigenvalue weighted by Crippen LogP contribution is 2.44. The zero-order valence-corrected chi connectivity index (χ0v) is 13.6. The van der Waals surface area contributed by atoms with Crippen molar-refractivity contribution in [1.82, 2.24) is 0 Å². The molecule has 0 amide bonds. The van der Waals surface area contributed by atoms with Gasteiger partial charge in [-0.2, -0.15) is 0 Å². The third-order valence-electron chi connectivity index (χ3n) is 5.12. The van der Waals surface area contributed by atoms with E-state index in [0.717, 1.165) is 0 Å². The molecule has 2 atom stereocenters. The Morgan fingerprint density at radius 2 is 1.71 bits per heavy atom. The van der Waals surface area contributed by atoms with Crippen LogP contribution in [0.15, 0.2) is 77.6 Å². The zero-order valence-electron chi connectivity index (χ0n) is 12.6. The Morgan fingerprint density at radius 1 is 0.857 bits per heavy atom. The average Bonchev–Trinajstić information content (AvgIpc) is 3.12. The van der Waals surface area contributed by atoms with Crippen LogP contribution in [0.1, 0.15) is 16.7 Å². The maximum Gasteiger partial charge on any atom is 0.0923 e. The minimum Gasteiger partial charge on any atom is -0.0787 e. The summed E-state index contributed by atoms with van der Waals surface area (Å²) in [5, 5.41) is 1.62. The van der Waals surface area contributed by atoms with Gasteiger partial charge in [0, 0.05) is 11.5 Å². The number of rotatable bonds is 2. The van der Waals surface area contributed by atoms with Gasteiger partial charge in [-0.3, -0.25) is 0 Å². The standard InChI is InChI=1S/C20H20Si/c1-21(2,19-13-11-15-7-3-5-9-17(15)19)20-14-12-16-8-4-6-10-18(16)20/h3-15,20H,1-2H3. The van der Waals surface area contributed by atoms with Crippen LogP contribution < -0.4 is 0 Å². The molecule has 104 valence electrons. The second-order valence-corrected chi connectivity index (χ2v) is 11.3. The van der Waals surface area contributed by atoms with Crippen molar-refractivity contribution >= 4 is 14.1 Å². The van der Waals surface area contributed by atoms with Crippen LogP contribution in [0.5, 0.6) is 0 Å². The highest BCUT2D eigenvalue weighted by molar-refractivity contribution is 6.87. The summed E-state index contributed by atoms with van der Waals surface area (Å²) in [6.45, 7) is 5.04. The molecule has 0 heterocycles. The molecule has 1 aromatic rings. The van der Waals surface area contributed by atoms with E-state index in [1.165, 1.54) is 16.7 Å². The van der Waals surface area contributed by atoms with E-state index in [4.69, 9.17) is 0 Å². The summed E-state index contributed by atoms with van der Waals surface area (Å²) in [6.07, 6.45) is 18.5. The van der Waals surface area contributed by atoms with E-state index >= 15 is 0 Å². The van der Waals surface area contributed by atoms with Gasteiger partial charge in [-0.15, -0.1) is 0 Å². The number of benzene rings is 1. The van der Waals surface area contributed by atoms with E-state index in [0.29, 0.717) is 11.5 Å². The predicted molar refractivity (Wildman–Crippen MR) is 93.6 cm³/mol. The Morgan fingerprint density at radius 3 is 2.62 bits per heavy atom. The van der Waals surface area contributed by atoms with E-state index in [1.54, 1.807) is 5.20 Å². The Kier molecular flexibility index (Phi) is 2.80. The second kappa shape index (κ2) is 4.57. The Balaban J connectivity index is 1.79. The Labute approximate surface area is 127 Å². The lowest BCUT2D eigenvalue weighted by Crippen LogP contribution is -2.36. The molecule has 0 spiro atoms. The van der Waals surface area contributed by atoms with Crippen molar-refractivity contribution in [3.63, 3.8) is 0 Å². The number of fused-ring (bicyclic) bond motifs is 2. The molecule has 4 rings (SSSR count). The van der Waals surface area contributed by atoms with Crippen LogP contribution in [0.3, 0.4) is 0 Å². The number of hydrogen-bond acceptors (Lipinski definition) is 0. The molecule has 3 aliphatic rings. The second-order valence-electron chi connectivity index (χ2n) is 6.69. The quantitative estimate of drug-likeness (QED) is 0.657. The molecule has 0 N–H and O–H groups in total. The molecule has 0 nitrogen and oxygen atoms in total. The van der Waals surface area contributed by atoms with Crippen LogP contribution in [0, 0.1) is 5.92 Å². The highest BCUT2D eigenvalue weighted by atomic mass is 28.3. The van der Waals surface area contributed by atoms with Crippen molar-refractivity contribution in [2.24, 2.45) is 5.92 Å². The van der Waals surface area contributed by atoms with Crippen LogP contribution in [0.2, 0.25) is 13.1 Å². The summed E-state index contributed by atoms with van der Waals surface area (Å²) in [7, 11) is -1.58. The molecule has 1 heteroatoms. The fraction of sp³-hybridized carbons (Fsp3) is 0.200. The predicted octanol–water partition coefficient (Wildman–Crippen LogP) is 5.19. The molecule has 0 bridgehead atoms. The first-order valence-electron chi connectivity index (χ1n) is 7.73. The summed E-state index contributed by atoms with van der Waals surface area (Å²) < 4.78 is 0. The van der Waals surface area contributed by atoms with Crippen LogP contribution in [0.25, 0.3) is 6.08 Å². The SMILES string of the molecule is C[Si](C)(C1=C2C=CC=CC2C=C1)C1C=Cc2ccccc21. The summed E-state index contributed by atoms with van der Waals surface area (Å²) in [6, 6.07) is 8.87. The van der Waals surface area contributed by atoms with Crippen LogP contribution in [-0.4, -0.2) is 8.07 Å². The fourth-order valence-corrected chi connectivity index (χ4v) is 7.40. The Bertz CT molecular complexity index is 741. The van der Waals surface area contributed by atoms with Crippen molar-refractivity contribution in [1.29, 1.82) is 0 Å². The lowest BCUT2D eigenvalue weighted by Gasteiger charge is -2.32. The normalized spacial score (nSPS) is 25.6. The monoisotopic (exact) mass is 288 g/mol. The van der Waals surface area contributed by atoms with E-state index in [9.17, 15) is 0 Å². The van der Waals surface area contributed by atoms with Gasteiger partial charge in [0.05, 0.1) is 8.07 Å². The molecule has 0 aromatic heterocycles. The molecular formula is C20H20Si. The number of hydrogen-bond donors (Lipinski definition) is 0. The largest absolute Gasteiger partial charge is 0.0923 e. The number of allylic oxidation sites excluding steroid dienone is 9. The van der Waals surface area contributed by atoms with E-state index < -0.39 is 8.07 Å². The van der Waals surface area contributed by atoms with Gasteiger partial charge in [0.15, 0.2) is 0 Å². The van der Waals surface area contributed by atoms with Crippen LogP contribution in [0.4, 0.5) is 0 Å². The van der Waals surface area contributed by atoms with Gasteiger partial charge in [0.2, 0.25) is 0 Å². The van der Waals surface area contributed by atoms with E-state index in [-0.39, 0.29) is 0 Å². The topological polar surface area (TPSA) is 0 Å². The van der Waals surface area contributed by atoms with Gasteiger partial charge in [0.1, 0.15) is 0 Å². The zero-order chi connectivity index (χ0) is 14.4. The summed E-state index contributed by atoms with van der Waals surface area (Å²) >= 11 is 0. The first-order chi connectivity index (χ1) is 10.2. The van der Waals surface area contributed by atoms with Crippen molar-refractivity contribution in [2.75, 3.05) is 0 Å². The van der Waals surface area contributed by atoms with Crippen molar-refractivity contribution in [3.8, 4) is 0 Å². The van der Waals surface area contributed by atoms with Gasteiger partial charge < -0.3 is 0 Å². The molecule has 3 aliphatic carbocycles. The fourth-order valence-electron chi connectivity index (χ4n) is 3.92. The van der Waals surface area contributed by atoms with Crippen molar-refractivity contribution in [3.05, 3.63) is 88.7 Å². The Hall–Kier alpha value is -1.86. The lowest BCUT2D eigenvalue weighted by atomic mass is 9.98. The van der Waals surface area contributed by atoms with Gasteiger partial charge in [-0.25, -0.2) is 0 Å². The molecule has 0 saturated heterocycles. The molecule has 0 fully saturated rings. The molecule has 0 saturated carbocycles. The summed E-state index contributed by atoms with van der Waals surface area (Å²) in [5.41, 5.74) is 5.06. The van der Waals surface area contributed by atoms with Crippen LogP contribution >= 0.6 is 0 Å². The summed E-state index contributed by atoms with van der Waals surface area (Å²) in [5.74, 6) is 0.511. The van der Waals surface area contributed by atoms with E-state index in [1.807, 2.05) is 0 Å². The molecular weight excluding hydrogens is 268 g/mol. The van der Waals surface area contributed by atoms with Gasteiger partial charge in [-0.1, -0.05) is 91.2 Å². The van der Waals surface area contributed by atoms with E-state index in [2.05, 4.69) is 86.0 Å². The molecule has 21 heavy (non-hydrogen) atoms.